The maximum atomic E-state index is 11.9. The van der Waals surface area contributed by atoms with Gasteiger partial charge in [0.15, 0.2) is 0 Å². The molecule has 0 aromatic carbocycles. The number of carbonyl (C=O) groups is 1. The average Bonchev–Trinajstić information content (AvgIpc) is 2.38. The molecule has 2 fully saturated rings. The van der Waals surface area contributed by atoms with Crippen LogP contribution in [0, 0.1) is 11.8 Å². The number of hydrogen-bond acceptors (Lipinski definition) is 3. The van der Waals surface area contributed by atoms with Crippen LogP contribution in [0.3, 0.4) is 0 Å². The summed E-state index contributed by atoms with van der Waals surface area (Å²) in [6.07, 6.45) is 6.81. The molecular weight excluding hydrogens is 240 g/mol. The number of amides is 1. The topological polar surface area (TPSA) is 61.4 Å². The first-order valence-corrected chi connectivity index (χ1v) is 7.77. The smallest absolute Gasteiger partial charge is 0.220 e. The zero-order chi connectivity index (χ0) is 13.7. The van der Waals surface area contributed by atoms with Crippen LogP contribution in [-0.2, 0) is 4.79 Å². The van der Waals surface area contributed by atoms with Crippen LogP contribution in [0.2, 0.25) is 0 Å². The number of rotatable bonds is 4. The third kappa shape index (κ3) is 4.77. The maximum Gasteiger partial charge on any atom is 0.220 e. The molecule has 3 unspecified atom stereocenters. The van der Waals surface area contributed by atoms with Crippen molar-refractivity contribution in [2.45, 2.75) is 57.5 Å². The molecule has 0 bridgehead atoms. The van der Waals surface area contributed by atoms with E-state index in [0.29, 0.717) is 24.8 Å². The first-order chi connectivity index (χ1) is 9.07. The highest BCUT2D eigenvalue weighted by molar-refractivity contribution is 5.76. The molecule has 2 aliphatic rings. The molecule has 3 N–H and O–H groups in total. The van der Waals surface area contributed by atoms with E-state index < -0.39 is 5.60 Å². The molecule has 1 saturated carbocycles. The first kappa shape index (κ1) is 14.8. The van der Waals surface area contributed by atoms with Crippen molar-refractivity contribution in [3.8, 4) is 0 Å². The predicted octanol–water partition coefficient (Wildman–Crippen LogP) is 1.43. The summed E-state index contributed by atoms with van der Waals surface area (Å²) in [5.74, 6) is 1.13. The lowest BCUT2D eigenvalue weighted by molar-refractivity contribution is -0.124. The summed E-state index contributed by atoms with van der Waals surface area (Å²) in [4.78, 5) is 11.9. The molecule has 1 aliphatic carbocycles. The van der Waals surface area contributed by atoms with Crippen molar-refractivity contribution in [2.75, 3.05) is 19.6 Å². The Kier molecular flexibility index (Phi) is 5.22. The fraction of sp³-hybridized carbons (Fsp3) is 0.933. The van der Waals surface area contributed by atoms with E-state index in [4.69, 9.17) is 0 Å². The van der Waals surface area contributed by atoms with Gasteiger partial charge in [-0.05, 0) is 50.6 Å². The van der Waals surface area contributed by atoms with Crippen molar-refractivity contribution in [1.29, 1.82) is 0 Å². The SMILES string of the molecule is CC1CCCC(O)(CNC(=O)CC2CCCNC2)C1. The van der Waals surface area contributed by atoms with Crippen molar-refractivity contribution in [2.24, 2.45) is 11.8 Å². The van der Waals surface area contributed by atoms with Gasteiger partial charge in [-0.3, -0.25) is 4.79 Å². The third-order valence-corrected chi connectivity index (χ3v) is 4.56. The van der Waals surface area contributed by atoms with Gasteiger partial charge in [-0.25, -0.2) is 0 Å². The molecule has 110 valence electrons. The minimum atomic E-state index is -0.669. The standard InChI is InChI=1S/C15H28N2O2/c1-12-4-2-6-15(19,9-12)11-17-14(18)8-13-5-3-7-16-10-13/h12-13,16,19H,2-11H2,1H3,(H,17,18). The molecule has 4 heteroatoms. The number of nitrogens with one attached hydrogen (secondary N) is 2. The van der Waals surface area contributed by atoms with E-state index in [-0.39, 0.29) is 5.91 Å². The van der Waals surface area contributed by atoms with E-state index in [9.17, 15) is 9.90 Å². The Morgan fingerprint density at radius 3 is 2.95 bits per heavy atom. The van der Waals surface area contributed by atoms with Crippen molar-refractivity contribution >= 4 is 5.91 Å². The van der Waals surface area contributed by atoms with Crippen LogP contribution in [0.4, 0.5) is 0 Å². The van der Waals surface area contributed by atoms with Crippen LogP contribution in [0.1, 0.15) is 51.9 Å². The van der Waals surface area contributed by atoms with Crippen molar-refractivity contribution < 1.29 is 9.90 Å². The molecule has 1 amide bonds. The monoisotopic (exact) mass is 268 g/mol. The van der Waals surface area contributed by atoms with E-state index in [2.05, 4.69) is 17.6 Å². The average molecular weight is 268 g/mol. The van der Waals surface area contributed by atoms with Crippen LogP contribution in [-0.4, -0.2) is 36.2 Å². The van der Waals surface area contributed by atoms with Gasteiger partial charge in [0.1, 0.15) is 0 Å². The first-order valence-electron chi connectivity index (χ1n) is 7.77. The molecular formula is C15H28N2O2. The van der Waals surface area contributed by atoms with Gasteiger partial charge in [0.25, 0.3) is 0 Å². The van der Waals surface area contributed by atoms with E-state index in [1.807, 2.05) is 0 Å². The Balaban J connectivity index is 1.70. The van der Waals surface area contributed by atoms with Crippen LogP contribution in [0.25, 0.3) is 0 Å². The highest BCUT2D eigenvalue weighted by Gasteiger charge is 2.32. The maximum absolute atomic E-state index is 11.9. The van der Waals surface area contributed by atoms with E-state index in [1.165, 1.54) is 12.8 Å². The van der Waals surface area contributed by atoms with Gasteiger partial charge < -0.3 is 15.7 Å². The van der Waals surface area contributed by atoms with E-state index in [0.717, 1.165) is 38.8 Å². The number of carbonyl (C=O) groups excluding carboxylic acids is 1. The normalized spacial score (nSPS) is 35.9. The van der Waals surface area contributed by atoms with Crippen molar-refractivity contribution in [1.82, 2.24) is 10.6 Å². The van der Waals surface area contributed by atoms with Gasteiger partial charge in [-0.1, -0.05) is 19.8 Å². The van der Waals surface area contributed by atoms with Gasteiger partial charge in [0.2, 0.25) is 5.91 Å². The lowest BCUT2D eigenvalue weighted by atomic mass is 9.79. The van der Waals surface area contributed by atoms with Crippen LogP contribution in [0.15, 0.2) is 0 Å². The highest BCUT2D eigenvalue weighted by Crippen LogP contribution is 2.31. The second-order valence-electron chi connectivity index (χ2n) is 6.62. The molecule has 0 aromatic heterocycles. The van der Waals surface area contributed by atoms with Gasteiger partial charge >= 0.3 is 0 Å². The van der Waals surface area contributed by atoms with Gasteiger partial charge in [-0.15, -0.1) is 0 Å². The molecule has 3 atom stereocenters. The van der Waals surface area contributed by atoms with Crippen LogP contribution in [0.5, 0.6) is 0 Å². The quantitative estimate of drug-likeness (QED) is 0.723. The lowest BCUT2D eigenvalue weighted by Gasteiger charge is -2.35. The lowest BCUT2D eigenvalue weighted by Crippen LogP contribution is -2.46. The summed E-state index contributed by atoms with van der Waals surface area (Å²) >= 11 is 0. The van der Waals surface area contributed by atoms with Gasteiger partial charge in [0, 0.05) is 13.0 Å². The van der Waals surface area contributed by atoms with Gasteiger partial charge in [-0.2, -0.15) is 0 Å². The summed E-state index contributed by atoms with van der Waals surface area (Å²) in [6.45, 7) is 4.64. The summed E-state index contributed by atoms with van der Waals surface area (Å²) < 4.78 is 0. The number of hydrogen-bond donors (Lipinski definition) is 3. The second kappa shape index (κ2) is 6.71. The molecule has 0 spiro atoms. The summed E-state index contributed by atoms with van der Waals surface area (Å²) in [5.41, 5.74) is -0.669. The predicted molar refractivity (Wildman–Crippen MR) is 75.8 cm³/mol. The summed E-state index contributed by atoms with van der Waals surface area (Å²) in [5, 5.41) is 16.7. The number of aliphatic hydroxyl groups is 1. The molecule has 1 aliphatic heterocycles. The second-order valence-corrected chi connectivity index (χ2v) is 6.62. The Morgan fingerprint density at radius 2 is 2.26 bits per heavy atom. The molecule has 1 saturated heterocycles. The van der Waals surface area contributed by atoms with Crippen molar-refractivity contribution in [3.05, 3.63) is 0 Å². The minimum absolute atomic E-state index is 0.0975. The fourth-order valence-electron chi connectivity index (χ4n) is 3.49. The van der Waals surface area contributed by atoms with Crippen molar-refractivity contribution in [3.63, 3.8) is 0 Å². The molecule has 4 nitrogen and oxygen atoms in total. The molecule has 1 heterocycles. The fourth-order valence-corrected chi connectivity index (χ4v) is 3.49. The van der Waals surface area contributed by atoms with E-state index in [1.54, 1.807) is 0 Å². The third-order valence-electron chi connectivity index (χ3n) is 4.56. The minimum Gasteiger partial charge on any atom is -0.388 e. The van der Waals surface area contributed by atoms with Gasteiger partial charge in [0.05, 0.1) is 5.60 Å². The Bertz CT molecular complexity index is 303. The molecule has 0 radical (unpaired) electrons. The Labute approximate surface area is 116 Å². The highest BCUT2D eigenvalue weighted by atomic mass is 16.3. The zero-order valence-corrected chi connectivity index (χ0v) is 12.1. The largest absolute Gasteiger partial charge is 0.388 e. The molecule has 0 aromatic rings. The van der Waals surface area contributed by atoms with Crippen LogP contribution >= 0.6 is 0 Å². The van der Waals surface area contributed by atoms with Crippen LogP contribution < -0.4 is 10.6 Å². The Hall–Kier alpha value is -0.610. The summed E-state index contributed by atoms with van der Waals surface area (Å²) in [6, 6.07) is 0. The summed E-state index contributed by atoms with van der Waals surface area (Å²) in [7, 11) is 0. The zero-order valence-electron chi connectivity index (χ0n) is 12.1. The molecule has 2 rings (SSSR count). The molecule has 19 heavy (non-hydrogen) atoms. The van der Waals surface area contributed by atoms with E-state index >= 15 is 0 Å². The Morgan fingerprint density at radius 1 is 1.42 bits per heavy atom. The number of piperidine rings is 1.